The minimum atomic E-state index is -0.791. The van der Waals surface area contributed by atoms with Gasteiger partial charge in [-0.15, -0.1) is 0 Å². The van der Waals surface area contributed by atoms with E-state index in [1.165, 1.54) is 4.90 Å². The van der Waals surface area contributed by atoms with Crippen molar-refractivity contribution in [2.45, 2.75) is 45.3 Å². The molecule has 1 aliphatic rings. The number of benzene rings is 4. The molecule has 0 saturated heterocycles. The molecule has 1 aliphatic heterocycles. The lowest BCUT2D eigenvalue weighted by Crippen LogP contribution is -2.54. The van der Waals surface area contributed by atoms with Gasteiger partial charge in [0.05, 0.1) is 12.8 Å². The van der Waals surface area contributed by atoms with Crippen molar-refractivity contribution in [1.82, 2.24) is 10.2 Å². The van der Waals surface area contributed by atoms with E-state index >= 15 is 0 Å². The van der Waals surface area contributed by atoms with Crippen LogP contribution in [0.3, 0.4) is 0 Å². The molecule has 0 saturated carbocycles. The van der Waals surface area contributed by atoms with Crippen molar-refractivity contribution >= 4 is 34.2 Å². The summed E-state index contributed by atoms with van der Waals surface area (Å²) in [6, 6.07) is 27.7. The van der Waals surface area contributed by atoms with Gasteiger partial charge in [-0.1, -0.05) is 73.7 Å². The van der Waals surface area contributed by atoms with Gasteiger partial charge >= 0.3 is 0 Å². The average molecular weight is 550 g/mol. The fourth-order valence-electron chi connectivity index (χ4n) is 5.32. The topological polar surface area (TPSA) is 79.0 Å². The third kappa shape index (κ3) is 5.94. The standard InChI is InChI=1S/C34H35N3O4/c1-4-23(2)35-33(39)30(20-24-11-6-5-7-12-24)36(21-25-13-8-16-27(19-25)41-3)31(38)22-37-29-18-10-15-26-14-9-17-28(32(26)29)34(37)40/h5-19,23,30H,4,20-22H2,1-3H3,(H,35,39)/t23-,30+/m1/s1. The lowest BCUT2D eigenvalue weighted by molar-refractivity contribution is -0.140. The quantitative estimate of drug-likeness (QED) is 0.273. The van der Waals surface area contributed by atoms with Crippen LogP contribution in [0.1, 0.15) is 41.8 Å². The second-order valence-electron chi connectivity index (χ2n) is 10.5. The van der Waals surface area contributed by atoms with Gasteiger partial charge in [0.15, 0.2) is 0 Å². The number of hydrogen-bond donors (Lipinski definition) is 1. The van der Waals surface area contributed by atoms with Crippen LogP contribution < -0.4 is 15.0 Å². The zero-order valence-corrected chi connectivity index (χ0v) is 23.7. The van der Waals surface area contributed by atoms with Crippen molar-refractivity contribution in [2.24, 2.45) is 0 Å². The van der Waals surface area contributed by atoms with E-state index in [1.54, 1.807) is 18.1 Å². The molecule has 0 unspecified atom stereocenters. The van der Waals surface area contributed by atoms with Gasteiger partial charge in [-0.05, 0) is 54.1 Å². The van der Waals surface area contributed by atoms with Crippen LogP contribution in [0.15, 0.2) is 91.0 Å². The van der Waals surface area contributed by atoms with Crippen molar-refractivity contribution < 1.29 is 19.1 Å². The van der Waals surface area contributed by atoms with Crippen molar-refractivity contribution in [3.63, 3.8) is 0 Å². The van der Waals surface area contributed by atoms with Crippen molar-refractivity contribution in [3.05, 3.63) is 108 Å². The first-order chi connectivity index (χ1) is 19.9. The van der Waals surface area contributed by atoms with Crippen LogP contribution in [0, 0.1) is 0 Å². The first-order valence-electron chi connectivity index (χ1n) is 14.0. The second-order valence-corrected chi connectivity index (χ2v) is 10.5. The number of amides is 3. The van der Waals surface area contributed by atoms with E-state index in [9.17, 15) is 14.4 Å². The largest absolute Gasteiger partial charge is 0.497 e. The van der Waals surface area contributed by atoms with Crippen LogP contribution in [0.4, 0.5) is 5.69 Å². The third-order valence-corrected chi connectivity index (χ3v) is 7.70. The Labute approximate surface area is 240 Å². The Morgan fingerprint density at radius 3 is 2.37 bits per heavy atom. The Hall–Kier alpha value is -4.65. The minimum absolute atomic E-state index is 0.0539. The predicted molar refractivity (Wildman–Crippen MR) is 161 cm³/mol. The molecule has 4 aromatic rings. The Bertz CT molecular complexity index is 1560. The summed E-state index contributed by atoms with van der Waals surface area (Å²) in [5.41, 5.74) is 3.06. The summed E-state index contributed by atoms with van der Waals surface area (Å²) >= 11 is 0. The van der Waals surface area contributed by atoms with Gasteiger partial charge in [0.25, 0.3) is 5.91 Å². The summed E-state index contributed by atoms with van der Waals surface area (Å²) in [5.74, 6) is -0.0886. The number of anilines is 1. The zero-order chi connectivity index (χ0) is 28.9. The van der Waals surface area contributed by atoms with Gasteiger partial charge in [-0.25, -0.2) is 0 Å². The summed E-state index contributed by atoms with van der Waals surface area (Å²) in [6.07, 6.45) is 1.10. The lowest BCUT2D eigenvalue weighted by Gasteiger charge is -2.33. The molecule has 2 atom stereocenters. The average Bonchev–Trinajstić information content (AvgIpc) is 3.27. The van der Waals surface area contributed by atoms with Gasteiger partial charge in [0.1, 0.15) is 18.3 Å². The maximum Gasteiger partial charge on any atom is 0.259 e. The number of nitrogens with zero attached hydrogens (tertiary/aromatic N) is 2. The summed E-state index contributed by atoms with van der Waals surface area (Å²) in [5, 5.41) is 4.89. The number of hydrogen-bond acceptors (Lipinski definition) is 4. The second kappa shape index (κ2) is 12.3. The van der Waals surface area contributed by atoms with Crippen molar-refractivity contribution in [1.29, 1.82) is 0 Å². The van der Waals surface area contributed by atoms with Crippen molar-refractivity contribution in [2.75, 3.05) is 18.6 Å². The SMILES string of the molecule is CC[C@@H](C)NC(=O)[C@H](Cc1ccccc1)N(Cc1cccc(OC)c1)C(=O)CN1C(=O)c2cccc3cccc1c23. The normalized spacial score (nSPS) is 13.6. The molecule has 1 N–H and O–H groups in total. The number of rotatable bonds is 11. The summed E-state index contributed by atoms with van der Waals surface area (Å²) in [6.45, 7) is 3.96. The highest BCUT2D eigenvalue weighted by Crippen LogP contribution is 2.37. The molecule has 41 heavy (non-hydrogen) atoms. The Morgan fingerprint density at radius 2 is 1.63 bits per heavy atom. The minimum Gasteiger partial charge on any atom is -0.497 e. The van der Waals surface area contributed by atoms with Gasteiger partial charge in [-0.3, -0.25) is 19.3 Å². The van der Waals surface area contributed by atoms with E-state index in [1.807, 2.05) is 98.8 Å². The molecule has 0 spiro atoms. The maximum atomic E-state index is 14.3. The monoisotopic (exact) mass is 549 g/mol. The first kappa shape index (κ1) is 27.9. The maximum absolute atomic E-state index is 14.3. The van der Waals surface area contributed by atoms with Gasteiger partial charge in [0, 0.05) is 30.0 Å². The third-order valence-electron chi connectivity index (χ3n) is 7.70. The molecule has 4 aromatic carbocycles. The Balaban J connectivity index is 1.52. The van der Waals surface area contributed by atoms with Crippen LogP contribution in [-0.4, -0.2) is 48.4 Å². The van der Waals surface area contributed by atoms with Gasteiger partial charge < -0.3 is 15.0 Å². The van der Waals surface area contributed by atoms with Gasteiger partial charge in [-0.2, -0.15) is 0 Å². The van der Waals surface area contributed by atoms with E-state index < -0.39 is 6.04 Å². The number of ether oxygens (including phenoxy) is 1. The summed E-state index contributed by atoms with van der Waals surface area (Å²) in [4.78, 5) is 44.7. The smallest absolute Gasteiger partial charge is 0.259 e. The molecule has 1 heterocycles. The fourth-order valence-corrected chi connectivity index (χ4v) is 5.32. The molecule has 3 amide bonds. The molecule has 7 nitrogen and oxygen atoms in total. The molecular formula is C34H35N3O4. The molecule has 0 fully saturated rings. The number of methoxy groups -OCH3 is 1. The van der Waals surface area contributed by atoms with E-state index in [2.05, 4.69) is 5.32 Å². The molecule has 5 rings (SSSR count). The summed E-state index contributed by atoms with van der Waals surface area (Å²) in [7, 11) is 1.59. The van der Waals surface area contributed by atoms with Crippen LogP contribution in [-0.2, 0) is 22.6 Å². The first-order valence-corrected chi connectivity index (χ1v) is 14.0. The molecular weight excluding hydrogens is 514 g/mol. The highest BCUT2D eigenvalue weighted by molar-refractivity contribution is 6.26. The molecule has 0 radical (unpaired) electrons. The van der Waals surface area contributed by atoms with Crippen LogP contribution in [0.2, 0.25) is 0 Å². The Kier molecular flexibility index (Phi) is 8.34. The van der Waals surface area contributed by atoms with Crippen LogP contribution in [0.5, 0.6) is 5.75 Å². The zero-order valence-electron chi connectivity index (χ0n) is 23.7. The fraction of sp³-hybridized carbons (Fsp3) is 0.265. The molecule has 0 aromatic heterocycles. The van der Waals surface area contributed by atoms with E-state index in [0.29, 0.717) is 23.4 Å². The Morgan fingerprint density at radius 1 is 0.927 bits per heavy atom. The number of carbonyl (C=O) groups is 3. The molecule has 210 valence electrons. The lowest BCUT2D eigenvalue weighted by atomic mass is 10.0. The number of nitrogens with one attached hydrogen (secondary N) is 1. The van der Waals surface area contributed by atoms with E-state index in [0.717, 1.165) is 28.3 Å². The predicted octanol–water partition coefficient (Wildman–Crippen LogP) is 5.36. The van der Waals surface area contributed by atoms with Crippen molar-refractivity contribution in [3.8, 4) is 5.75 Å². The summed E-state index contributed by atoms with van der Waals surface area (Å²) < 4.78 is 5.42. The van der Waals surface area contributed by atoms with Gasteiger partial charge in [0.2, 0.25) is 11.8 Å². The number of carbonyl (C=O) groups excluding carboxylic acids is 3. The van der Waals surface area contributed by atoms with Crippen LogP contribution >= 0.6 is 0 Å². The molecule has 0 bridgehead atoms. The van der Waals surface area contributed by atoms with E-state index in [-0.39, 0.29) is 36.9 Å². The molecule has 7 heteroatoms. The van der Waals surface area contributed by atoms with E-state index in [4.69, 9.17) is 4.74 Å². The van der Waals surface area contributed by atoms with Crippen LogP contribution in [0.25, 0.3) is 10.8 Å². The highest BCUT2D eigenvalue weighted by atomic mass is 16.5. The molecule has 0 aliphatic carbocycles. The highest BCUT2D eigenvalue weighted by Gasteiger charge is 2.36.